The number of amides is 2. The maximum Gasteiger partial charge on any atom is 0.416 e. The van der Waals surface area contributed by atoms with Gasteiger partial charge in [0, 0.05) is 48.0 Å². The number of imidazole rings is 1. The van der Waals surface area contributed by atoms with Crippen molar-refractivity contribution >= 4 is 23.3 Å². The molecule has 0 saturated heterocycles. The summed E-state index contributed by atoms with van der Waals surface area (Å²) in [5.41, 5.74) is 2.23. The summed E-state index contributed by atoms with van der Waals surface area (Å²) >= 11 is 6.30. The van der Waals surface area contributed by atoms with Gasteiger partial charge in [0.05, 0.1) is 11.9 Å². The van der Waals surface area contributed by atoms with Crippen LogP contribution in [-0.4, -0.2) is 35.6 Å². The van der Waals surface area contributed by atoms with Crippen LogP contribution in [0, 0.1) is 6.92 Å². The van der Waals surface area contributed by atoms with Gasteiger partial charge in [-0.2, -0.15) is 13.2 Å². The number of benzene rings is 2. The molecule has 2 amide bonds. The zero-order chi connectivity index (χ0) is 24.6. The Morgan fingerprint density at radius 2 is 2.00 bits per heavy atom. The number of nitrogens with one attached hydrogen (secondary N) is 4. The molecular weight excluding hydrogens is 467 g/mol. The van der Waals surface area contributed by atoms with E-state index >= 15 is 0 Å². The molecule has 3 rings (SSSR count). The third kappa shape index (κ3) is 7.78. The molecule has 1 heterocycles. The second-order valence-corrected chi connectivity index (χ2v) is 8.39. The lowest BCUT2D eigenvalue weighted by atomic mass is 9.94. The summed E-state index contributed by atoms with van der Waals surface area (Å²) < 4.78 is 38.7. The Balaban J connectivity index is 1.56. The Morgan fingerprint density at radius 3 is 2.71 bits per heavy atom. The van der Waals surface area contributed by atoms with Gasteiger partial charge in [-0.3, -0.25) is 0 Å². The Hall–Kier alpha value is -3.04. The van der Waals surface area contributed by atoms with Crippen molar-refractivity contribution in [2.45, 2.75) is 31.9 Å². The van der Waals surface area contributed by atoms with Gasteiger partial charge in [0.2, 0.25) is 0 Å². The number of rotatable bonds is 10. The van der Waals surface area contributed by atoms with Crippen LogP contribution in [0.1, 0.15) is 34.7 Å². The highest BCUT2D eigenvalue weighted by Gasteiger charge is 2.30. The number of aromatic nitrogens is 2. The van der Waals surface area contributed by atoms with Crippen LogP contribution in [0.3, 0.4) is 0 Å². The molecule has 0 aliphatic carbocycles. The third-order valence-corrected chi connectivity index (χ3v) is 5.83. The third-order valence-electron chi connectivity index (χ3n) is 5.42. The van der Waals surface area contributed by atoms with Gasteiger partial charge in [0.1, 0.15) is 0 Å². The van der Waals surface area contributed by atoms with Crippen LogP contribution in [0.5, 0.6) is 0 Å². The van der Waals surface area contributed by atoms with E-state index in [1.54, 1.807) is 12.5 Å². The first-order chi connectivity index (χ1) is 16.2. The van der Waals surface area contributed by atoms with Gasteiger partial charge < -0.3 is 20.9 Å². The normalized spacial score (nSPS) is 12.4. The maximum atomic E-state index is 12.9. The highest BCUT2D eigenvalue weighted by molar-refractivity contribution is 6.31. The van der Waals surface area contributed by atoms with Gasteiger partial charge in [0.25, 0.3) is 0 Å². The summed E-state index contributed by atoms with van der Waals surface area (Å²) in [6.45, 7) is 3.69. The lowest BCUT2D eigenvalue weighted by Gasteiger charge is -2.20. The van der Waals surface area contributed by atoms with E-state index in [0.717, 1.165) is 48.3 Å². The van der Waals surface area contributed by atoms with Crippen molar-refractivity contribution in [2.75, 3.05) is 25.0 Å². The van der Waals surface area contributed by atoms with Crippen molar-refractivity contribution in [2.24, 2.45) is 0 Å². The average Bonchev–Trinajstić information content (AvgIpc) is 3.31. The molecule has 2 aromatic carbocycles. The fourth-order valence-corrected chi connectivity index (χ4v) is 3.65. The van der Waals surface area contributed by atoms with Gasteiger partial charge in [0.15, 0.2) is 0 Å². The van der Waals surface area contributed by atoms with Gasteiger partial charge in [-0.05, 0) is 55.3 Å². The Kier molecular flexibility index (Phi) is 8.95. The summed E-state index contributed by atoms with van der Waals surface area (Å²) in [6.07, 6.45) is 0.494. The van der Waals surface area contributed by atoms with E-state index in [1.807, 2.05) is 25.1 Å². The molecule has 1 aromatic heterocycles. The van der Waals surface area contributed by atoms with Crippen LogP contribution >= 0.6 is 11.6 Å². The quantitative estimate of drug-likeness (QED) is 0.281. The van der Waals surface area contributed by atoms with E-state index in [4.69, 9.17) is 11.6 Å². The molecule has 6 nitrogen and oxygen atoms in total. The molecule has 4 N–H and O–H groups in total. The standard InChI is InChI=1S/C24H27ClF3N5O/c1-16-5-6-17(11-22(16)25)18(7-9-29-10-8-21-14-30-15-32-21)13-31-23(34)33-20-4-2-3-19(12-20)24(26,27)28/h2-6,11-12,14-15,18,29H,7-10,13H2,1H3,(H,30,32)(H2,31,33,34). The highest BCUT2D eigenvalue weighted by atomic mass is 35.5. The predicted molar refractivity (Wildman–Crippen MR) is 127 cm³/mol. The molecule has 0 spiro atoms. The number of aryl methyl sites for hydroxylation is 1. The number of carbonyl (C=O) groups is 1. The maximum absolute atomic E-state index is 12.9. The van der Waals surface area contributed by atoms with Crippen molar-refractivity contribution in [3.8, 4) is 0 Å². The minimum Gasteiger partial charge on any atom is -0.348 e. The van der Waals surface area contributed by atoms with Crippen molar-refractivity contribution in [1.29, 1.82) is 0 Å². The molecule has 1 unspecified atom stereocenters. The van der Waals surface area contributed by atoms with E-state index in [1.165, 1.54) is 12.1 Å². The van der Waals surface area contributed by atoms with Crippen molar-refractivity contribution in [1.82, 2.24) is 20.6 Å². The number of anilines is 1. The fraction of sp³-hybridized carbons (Fsp3) is 0.333. The molecular formula is C24H27ClF3N5O. The van der Waals surface area contributed by atoms with Gasteiger partial charge >= 0.3 is 12.2 Å². The lowest BCUT2D eigenvalue weighted by Crippen LogP contribution is -2.33. The average molecular weight is 494 g/mol. The topological polar surface area (TPSA) is 81.8 Å². The molecule has 0 bridgehead atoms. The number of alkyl halides is 3. The molecule has 0 saturated carbocycles. The molecule has 182 valence electrons. The predicted octanol–water partition coefficient (Wildman–Crippen LogP) is 5.52. The molecule has 1 atom stereocenters. The van der Waals surface area contributed by atoms with E-state index in [2.05, 4.69) is 25.9 Å². The molecule has 0 aliphatic heterocycles. The number of halogens is 4. The van der Waals surface area contributed by atoms with E-state index in [9.17, 15) is 18.0 Å². The Morgan fingerprint density at radius 1 is 1.18 bits per heavy atom. The van der Waals surface area contributed by atoms with Crippen molar-refractivity contribution < 1.29 is 18.0 Å². The van der Waals surface area contributed by atoms with Gasteiger partial charge in [-0.1, -0.05) is 29.8 Å². The summed E-state index contributed by atoms with van der Waals surface area (Å²) in [7, 11) is 0. The summed E-state index contributed by atoms with van der Waals surface area (Å²) in [4.78, 5) is 19.4. The number of H-pyrrole nitrogens is 1. The molecule has 0 aliphatic rings. The Bertz CT molecular complexity index is 1070. The minimum atomic E-state index is -4.48. The van der Waals surface area contributed by atoms with Crippen LogP contribution in [0.2, 0.25) is 5.02 Å². The molecule has 0 fully saturated rings. The zero-order valence-corrected chi connectivity index (χ0v) is 19.4. The molecule has 3 aromatic rings. The van der Waals surface area contributed by atoms with Crippen LogP contribution in [0.15, 0.2) is 55.0 Å². The second-order valence-electron chi connectivity index (χ2n) is 7.98. The van der Waals surface area contributed by atoms with Crippen molar-refractivity contribution in [3.63, 3.8) is 0 Å². The number of aromatic amines is 1. The minimum absolute atomic E-state index is 0.0370. The van der Waals surface area contributed by atoms with Crippen LogP contribution in [0.25, 0.3) is 0 Å². The number of carbonyl (C=O) groups excluding carboxylic acids is 1. The fourth-order valence-electron chi connectivity index (χ4n) is 3.46. The number of nitrogens with zero attached hydrogens (tertiary/aromatic N) is 1. The number of hydrogen-bond donors (Lipinski definition) is 4. The molecule has 0 radical (unpaired) electrons. The first-order valence-corrected chi connectivity index (χ1v) is 11.3. The van der Waals surface area contributed by atoms with E-state index < -0.39 is 17.8 Å². The van der Waals surface area contributed by atoms with Crippen LogP contribution in [-0.2, 0) is 12.6 Å². The summed E-state index contributed by atoms with van der Waals surface area (Å²) in [5.74, 6) is -0.0370. The molecule has 34 heavy (non-hydrogen) atoms. The first kappa shape index (κ1) is 25.6. The van der Waals surface area contributed by atoms with Crippen LogP contribution < -0.4 is 16.0 Å². The highest BCUT2D eigenvalue weighted by Crippen LogP contribution is 2.30. The summed E-state index contributed by atoms with van der Waals surface area (Å²) in [6, 6.07) is 9.75. The van der Waals surface area contributed by atoms with Crippen LogP contribution in [0.4, 0.5) is 23.7 Å². The van der Waals surface area contributed by atoms with E-state index in [0.29, 0.717) is 18.1 Å². The number of hydrogen-bond acceptors (Lipinski definition) is 3. The lowest BCUT2D eigenvalue weighted by molar-refractivity contribution is -0.137. The van der Waals surface area contributed by atoms with Gasteiger partial charge in [-0.15, -0.1) is 0 Å². The summed E-state index contributed by atoms with van der Waals surface area (Å²) in [5, 5.41) is 9.27. The largest absolute Gasteiger partial charge is 0.416 e. The smallest absolute Gasteiger partial charge is 0.348 e. The first-order valence-electron chi connectivity index (χ1n) is 10.9. The van der Waals surface area contributed by atoms with Gasteiger partial charge in [-0.25, -0.2) is 9.78 Å². The van der Waals surface area contributed by atoms with Crippen molar-refractivity contribution in [3.05, 3.63) is 82.4 Å². The second kappa shape index (κ2) is 11.9. The molecule has 10 heteroatoms. The monoisotopic (exact) mass is 493 g/mol. The number of urea groups is 1. The SMILES string of the molecule is Cc1ccc(C(CCNCCc2cnc[nH]2)CNC(=O)Nc2cccc(C(F)(F)F)c2)cc1Cl. The van der Waals surface area contributed by atoms with E-state index in [-0.39, 0.29) is 11.6 Å². The Labute approximate surface area is 201 Å². The zero-order valence-electron chi connectivity index (χ0n) is 18.7.